The van der Waals surface area contributed by atoms with Gasteiger partial charge < -0.3 is 15.2 Å². The molecule has 1 saturated heterocycles. The highest BCUT2D eigenvalue weighted by Gasteiger charge is 2.21. The molecule has 28 heavy (non-hydrogen) atoms. The summed E-state index contributed by atoms with van der Waals surface area (Å²) in [5.74, 6) is 0.574. The number of aliphatic hydroxyl groups is 1. The number of piperazine rings is 1. The largest absolute Gasteiger partial charge is 0.489 e. The molecule has 1 heterocycles. The van der Waals surface area contributed by atoms with Gasteiger partial charge in [0.2, 0.25) is 5.91 Å². The number of halogens is 1. The summed E-state index contributed by atoms with van der Waals surface area (Å²) in [6.07, 6.45) is -0.593. The quantitative estimate of drug-likeness (QED) is 0.708. The molecule has 0 radical (unpaired) electrons. The standard InChI is InChI=1S/C21H26ClN3O3/c22-19-8-4-5-9-20(19)28-16-18(26)14-24-10-12-25(13-11-24)15-21(27)23-17-6-2-1-3-7-17/h1-9,18,26H,10-16H2,(H,23,27). The van der Waals surface area contributed by atoms with Crippen molar-refractivity contribution in [3.8, 4) is 5.75 Å². The molecule has 1 fully saturated rings. The Morgan fingerprint density at radius 3 is 2.39 bits per heavy atom. The number of hydrogen-bond acceptors (Lipinski definition) is 5. The van der Waals surface area contributed by atoms with E-state index in [-0.39, 0.29) is 12.5 Å². The SMILES string of the molecule is O=C(CN1CCN(CC(O)COc2ccccc2Cl)CC1)Nc1ccccc1. The lowest BCUT2D eigenvalue weighted by atomic mass is 10.2. The van der Waals surface area contributed by atoms with E-state index in [4.69, 9.17) is 16.3 Å². The topological polar surface area (TPSA) is 65.0 Å². The van der Waals surface area contributed by atoms with Gasteiger partial charge in [-0.3, -0.25) is 14.6 Å². The van der Waals surface area contributed by atoms with Gasteiger partial charge in [0.15, 0.2) is 0 Å². The predicted molar refractivity (Wildman–Crippen MR) is 111 cm³/mol. The number of nitrogens with zero attached hydrogens (tertiary/aromatic N) is 2. The number of anilines is 1. The van der Waals surface area contributed by atoms with Gasteiger partial charge in [-0.25, -0.2) is 0 Å². The van der Waals surface area contributed by atoms with Gasteiger partial charge in [0, 0.05) is 38.4 Å². The van der Waals surface area contributed by atoms with Gasteiger partial charge >= 0.3 is 0 Å². The number of carbonyl (C=O) groups excluding carboxylic acids is 1. The molecule has 0 bridgehead atoms. The number of para-hydroxylation sites is 2. The first-order valence-corrected chi connectivity index (χ1v) is 9.83. The molecule has 6 nitrogen and oxygen atoms in total. The van der Waals surface area contributed by atoms with Gasteiger partial charge in [-0.15, -0.1) is 0 Å². The van der Waals surface area contributed by atoms with E-state index in [1.807, 2.05) is 42.5 Å². The summed E-state index contributed by atoms with van der Waals surface area (Å²) in [5, 5.41) is 13.7. The van der Waals surface area contributed by atoms with Gasteiger partial charge in [0.1, 0.15) is 18.5 Å². The highest BCUT2D eigenvalue weighted by molar-refractivity contribution is 6.32. The Hall–Kier alpha value is -2.12. The Balaban J connectivity index is 1.34. The van der Waals surface area contributed by atoms with Crippen LogP contribution in [0.15, 0.2) is 54.6 Å². The van der Waals surface area contributed by atoms with E-state index in [0.717, 1.165) is 31.9 Å². The van der Waals surface area contributed by atoms with Crippen LogP contribution in [0.3, 0.4) is 0 Å². The average Bonchev–Trinajstić information content (AvgIpc) is 2.69. The maximum atomic E-state index is 12.2. The molecule has 2 aromatic rings. The zero-order chi connectivity index (χ0) is 19.8. The Kier molecular flexibility index (Phi) is 7.68. The fourth-order valence-corrected chi connectivity index (χ4v) is 3.34. The zero-order valence-corrected chi connectivity index (χ0v) is 16.5. The molecule has 1 aliphatic heterocycles. The molecular weight excluding hydrogens is 378 g/mol. The Bertz CT molecular complexity index is 752. The van der Waals surface area contributed by atoms with Gasteiger partial charge in [0.25, 0.3) is 0 Å². The smallest absolute Gasteiger partial charge is 0.238 e. The first-order valence-electron chi connectivity index (χ1n) is 9.45. The summed E-state index contributed by atoms with van der Waals surface area (Å²) in [7, 11) is 0. The predicted octanol–water partition coefficient (Wildman–Crippen LogP) is 2.34. The molecule has 0 aromatic heterocycles. The summed E-state index contributed by atoms with van der Waals surface area (Å²) in [6.45, 7) is 4.31. The van der Waals surface area contributed by atoms with Crippen LogP contribution in [0.1, 0.15) is 0 Å². The zero-order valence-electron chi connectivity index (χ0n) is 15.8. The Morgan fingerprint density at radius 1 is 1.04 bits per heavy atom. The third-order valence-electron chi connectivity index (χ3n) is 4.63. The van der Waals surface area contributed by atoms with Crippen LogP contribution in [0.5, 0.6) is 5.75 Å². The van der Waals surface area contributed by atoms with Gasteiger partial charge in [-0.2, -0.15) is 0 Å². The number of ether oxygens (including phenoxy) is 1. The van der Waals surface area contributed by atoms with Gasteiger partial charge in [-0.05, 0) is 24.3 Å². The molecule has 150 valence electrons. The van der Waals surface area contributed by atoms with Crippen molar-refractivity contribution in [1.82, 2.24) is 9.80 Å². The molecule has 1 atom stereocenters. The van der Waals surface area contributed by atoms with E-state index < -0.39 is 6.10 Å². The van der Waals surface area contributed by atoms with Crippen molar-refractivity contribution in [1.29, 1.82) is 0 Å². The van der Waals surface area contributed by atoms with Crippen molar-refractivity contribution >= 4 is 23.2 Å². The van der Waals surface area contributed by atoms with Crippen molar-refractivity contribution in [3.05, 3.63) is 59.6 Å². The lowest BCUT2D eigenvalue weighted by Crippen LogP contribution is -2.50. The Morgan fingerprint density at radius 2 is 1.68 bits per heavy atom. The molecular formula is C21H26ClN3O3. The molecule has 2 aromatic carbocycles. The second kappa shape index (κ2) is 10.4. The Labute approximate surface area is 170 Å². The van der Waals surface area contributed by atoms with Crippen molar-refractivity contribution in [2.45, 2.75) is 6.10 Å². The van der Waals surface area contributed by atoms with Crippen LogP contribution in [-0.2, 0) is 4.79 Å². The number of β-amino-alcohol motifs (C(OH)–C–C–N with tert-alkyl or cyclic N) is 1. The van der Waals surface area contributed by atoms with Gasteiger partial charge in [-0.1, -0.05) is 41.9 Å². The summed E-state index contributed by atoms with van der Waals surface area (Å²) in [5.41, 5.74) is 0.813. The normalized spacial score (nSPS) is 16.5. The first-order chi connectivity index (χ1) is 13.6. The fourth-order valence-electron chi connectivity index (χ4n) is 3.15. The molecule has 2 N–H and O–H groups in total. The number of nitrogens with one attached hydrogen (secondary N) is 1. The van der Waals surface area contributed by atoms with Crippen LogP contribution in [0, 0.1) is 0 Å². The van der Waals surface area contributed by atoms with Gasteiger partial charge in [0.05, 0.1) is 11.6 Å². The molecule has 1 amide bonds. The van der Waals surface area contributed by atoms with E-state index in [0.29, 0.717) is 23.9 Å². The molecule has 7 heteroatoms. The van der Waals surface area contributed by atoms with Crippen molar-refractivity contribution < 1.29 is 14.6 Å². The molecule has 0 aliphatic carbocycles. The summed E-state index contributed by atoms with van der Waals surface area (Å²) >= 11 is 6.05. The average molecular weight is 404 g/mol. The van der Waals surface area contributed by atoms with Crippen LogP contribution in [0.2, 0.25) is 5.02 Å². The first kappa shape index (κ1) is 20.6. The number of rotatable bonds is 8. The van der Waals surface area contributed by atoms with E-state index in [2.05, 4.69) is 15.1 Å². The van der Waals surface area contributed by atoms with Crippen molar-refractivity contribution in [2.75, 3.05) is 51.2 Å². The van der Waals surface area contributed by atoms with Crippen LogP contribution >= 0.6 is 11.6 Å². The minimum Gasteiger partial charge on any atom is -0.489 e. The molecule has 3 rings (SSSR count). The maximum Gasteiger partial charge on any atom is 0.238 e. The molecule has 1 unspecified atom stereocenters. The van der Waals surface area contributed by atoms with Crippen molar-refractivity contribution in [2.24, 2.45) is 0 Å². The number of benzene rings is 2. The highest BCUT2D eigenvalue weighted by atomic mass is 35.5. The third-order valence-corrected chi connectivity index (χ3v) is 4.94. The van der Waals surface area contributed by atoms with E-state index in [9.17, 15) is 9.90 Å². The number of carbonyl (C=O) groups is 1. The number of hydrogen-bond donors (Lipinski definition) is 2. The lowest BCUT2D eigenvalue weighted by Gasteiger charge is -2.35. The summed E-state index contributed by atoms with van der Waals surface area (Å²) < 4.78 is 5.60. The second-order valence-corrected chi connectivity index (χ2v) is 7.29. The monoisotopic (exact) mass is 403 g/mol. The second-order valence-electron chi connectivity index (χ2n) is 6.89. The van der Waals surface area contributed by atoms with Crippen LogP contribution in [0.4, 0.5) is 5.69 Å². The molecule has 0 spiro atoms. The van der Waals surface area contributed by atoms with Crippen LogP contribution < -0.4 is 10.1 Å². The minimum atomic E-state index is -0.593. The van der Waals surface area contributed by atoms with Crippen LogP contribution in [-0.4, -0.2) is 72.8 Å². The third kappa shape index (κ3) is 6.49. The maximum absolute atomic E-state index is 12.2. The van der Waals surface area contributed by atoms with E-state index >= 15 is 0 Å². The number of aliphatic hydroxyl groups excluding tert-OH is 1. The lowest BCUT2D eigenvalue weighted by molar-refractivity contribution is -0.117. The minimum absolute atomic E-state index is 0.00664. The summed E-state index contributed by atoms with van der Waals surface area (Å²) in [6, 6.07) is 16.7. The highest BCUT2D eigenvalue weighted by Crippen LogP contribution is 2.23. The summed E-state index contributed by atoms with van der Waals surface area (Å²) in [4.78, 5) is 16.5. The van der Waals surface area contributed by atoms with E-state index in [1.54, 1.807) is 12.1 Å². The fraction of sp³-hybridized carbons (Fsp3) is 0.381. The molecule has 1 aliphatic rings. The molecule has 0 saturated carbocycles. The number of amides is 1. The van der Waals surface area contributed by atoms with Crippen LogP contribution in [0.25, 0.3) is 0 Å². The van der Waals surface area contributed by atoms with E-state index in [1.165, 1.54) is 0 Å². The van der Waals surface area contributed by atoms with Crippen molar-refractivity contribution in [3.63, 3.8) is 0 Å².